The molecule has 1 aliphatic rings. The molecule has 1 saturated heterocycles. The van der Waals surface area contributed by atoms with Crippen LogP contribution in [0.3, 0.4) is 0 Å². The highest BCUT2D eigenvalue weighted by Gasteiger charge is 2.38. The van der Waals surface area contributed by atoms with Crippen LogP contribution in [-0.2, 0) is 21.8 Å². The van der Waals surface area contributed by atoms with E-state index < -0.39 is 10.0 Å². The lowest BCUT2D eigenvalue weighted by Gasteiger charge is -2.36. The Labute approximate surface area is 122 Å². The predicted molar refractivity (Wildman–Crippen MR) is 72.0 cm³/mol. The summed E-state index contributed by atoms with van der Waals surface area (Å²) in [7, 11) is -2.16. The number of morpholine rings is 1. The SMILES string of the molecule is CC1COC(CCl)CN1S(=O)(=O)c1c(Cl)cnn1C. The van der Waals surface area contributed by atoms with Crippen LogP contribution >= 0.6 is 23.2 Å². The summed E-state index contributed by atoms with van der Waals surface area (Å²) >= 11 is 11.7. The Morgan fingerprint density at radius 1 is 1.58 bits per heavy atom. The van der Waals surface area contributed by atoms with Crippen molar-refractivity contribution in [1.82, 2.24) is 14.1 Å². The third kappa shape index (κ3) is 2.75. The molecule has 2 unspecified atom stereocenters. The number of ether oxygens (including phenoxy) is 1. The Hall–Kier alpha value is -0.340. The molecule has 0 aromatic carbocycles. The van der Waals surface area contributed by atoms with E-state index in [0.29, 0.717) is 6.61 Å². The minimum atomic E-state index is -3.71. The van der Waals surface area contributed by atoms with Crippen LogP contribution in [0.1, 0.15) is 6.92 Å². The number of nitrogens with zero attached hydrogens (tertiary/aromatic N) is 3. The quantitative estimate of drug-likeness (QED) is 0.779. The zero-order valence-electron chi connectivity index (χ0n) is 10.6. The number of rotatable bonds is 3. The molecule has 0 bridgehead atoms. The van der Waals surface area contributed by atoms with E-state index in [-0.39, 0.29) is 34.6 Å². The molecule has 2 heterocycles. The largest absolute Gasteiger partial charge is 0.374 e. The highest BCUT2D eigenvalue weighted by molar-refractivity contribution is 7.89. The van der Waals surface area contributed by atoms with Gasteiger partial charge in [-0.05, 0) is 6.92 Å². The normalized spacial score (nSPS) is 25.7. The maximum atomic E-state index is 12.6. The Morgan fingerprint density at radius 2 is 2.26 bits per heavy atom. The van der Waals surface area contributed by atoms with Crippen molar-refractivity contribution in [2.45, 2.75) is 24.1 Å². The van der Waals surface area contributed by atoms with Gasteiger partial charge in [-0.3, -0.25) is 4.68 Å². The molecular weight excluding hydrogens is 313 g/mol. The van der Waals surface area contributed by atoms with Crippen molar-refractivity contribution in [1.29, 1.82) is 0 Å². The monoisotopic (exact) mass is 327 g/mol. The molecule has 0 aliphatic carbocycles. The molecule has 1 aliphatic heterocycles. The van der Waals surface area contributed by atoms with E-state index >= 15 is 0 Å². The Balaban J connectivity index is 2.38. The molecule has 0 saturated carbocycles. The van der Waals surface area contributed by atoms with E-state index in [1.807, 2.05) is 0 Å². The first-order valence-corrected chi connectivity index (χ1v) is 8.10. The van der Waals surface area contributed by atoms with Gasteiger partial charge in [0.1, 0.15) is 0 Å². The molecule has 19 heavy (non-hydrogen) atoms. The second kappa shape index (κ2) is 5.57. The first-order valence-electron chi connectivity index (χ1n) is 5.74. The van der Waals surface area contributed by atoms with Crippen LogP contribution in [0.4, 0.5) is 0 Å². The van der Waals surface area contributed by atoms with Crippen LogP contribution in [0.25, 0.3) is 0 Å². The van der Waals surface area contributed by atoms with Gasteiger partial charge >= 0.3 is 0 Å². The first-order chi connectivity index (χ1) is 8.87. The van der Waals surface area contributed by atoms with Crippen molar-refractivity contribution in [3.8, 4) is 0 Å². The zero-order chi connectivity index (χ0) is 14.2. The smallest absolute Gasteiger partial charge is 0.262 e. The van der Waals surface area contributed by atoms with Gasteiger partial charge in [0.15, 0.2) is 5.03 Å². The molecule has 0 radical (unpaired) electrons. The average Bonchev–Trinajstić information content (AvgIpc) is 2.70. The second-order valence-corrected chi connectivity index (χ2v) is 6.98. The molecule has 1 fully saturated rings. The van der Waals surface area contributed by atoms with Gasteiger partial charge in [-0.15, -0.1) is 11.6 Å². The van der Waals surface area contributed by atoms with Crippen molar-refractivity contribution < 1.29 is 13.2 Å². The van der Waals surface area contributed by atoms with E-state index in [1.165, 1.54) is 15.2 Å². The number of alkyl halides is 1. The highest BCUT2D eigenvalue weighted by atomic mass is 35.5. The molecule has 2 atom stereocenters. The molecule has 108 valence electrons. The Morgan fingerprint density at radius 3 is 2.79 bits per heavy atom. The van der Waals surface area contributed by atoms with Crippen molar-refractivity contribution in [3.63, 3.8) is 0 Å². The number of aryl methyl sites for hydroxylation is 1. The van der Waals surface area contributed by atoms with E-state index in [1.54, 1.807) is 14.0 Å². The van der Waals surface area contributed by atoms with E-state index in [9.17, 15) is 8.42 Å². The lowest BCUT2D eigenvalue weighted by atomic mass is 10.2. The fraction of sp³-hybridized carbons (Fsp3) is 0.700. The van der Waals surface area contributed by atoms with Crippen LogP contribution in [0.15, 0.2) is 11.2 Å². The summed E-state index contributed by atoms with van der Waals surface area (Å²) < 4.78 is 33.4. The van der Waals surface area contributed by atoms with Crippen molar-refractivity contribution in [2.75, 3.05) is 19.0 Å². The molecular formula is C10H15Cl2N3O3S. The fourth-order valence-electron chi connectivity index (χ4n) is 2.02. The number of hydrogen-bond acceptors (Lipinski definition) is 4. The standard InChI is InChI=1S/C10H15Cl2N3O3S/c1-7-6-18-8(3-11)5-15(7)19(16,17)10-9(12)4-13-14(10)2/h4,7-8H,3,5-6H2,1-2H3. The lowest BCUT2D eigenvalue weighted by molar-refractivity contribution is -0.0153. The third-order valence-electron chi connectivity index (χ3n) is 3.02. The van der Waals surface area contributed by atoms with Crippen LogP contribution in [0, 0.1) is 0 Å². The molecule has 1 aromatic heterocycles. The topological polar surface area (TPSA) is 64.4 Å². The summed E-state index contributed by atoms with van der Waals surface area (Å²) in [6, 6.07) is -0.268. The fourth-order valence-corrected chi connectivity index (χ4v) is 4.47. The summed E-state index contributed by atoms with van der Waals surface area (Å²) in [5.41, 5.74) is 0. The van der Waals surface area contributed by atoms with Crippen LogP contribution in [-0.4, -0.2) is 53.7 Å². The maximum Gasteiger partial charge on any atom is 0.262 e. The van der Waals surface area contributed by atoms with Gasteiger partial charge in [-0.1, -0.05) is 11.6 Å². The number of hydrogen-bond donors (Lipinski definition) is 0. The molecule has 9 heteroatoms. The minimum absolute atomic E-state index is 0.00348. The molecule has 2 rings (SSSR count). The first kappa shape index (κ1) is 15.1. The van der Waals surface area contributed by atoms with Crippen LogP contribution in [0.2, 0.25) is 5.02 Å². The van der Waals surface area contributed by atoms with Crippen LogP contribution in [0.5, 0.6) is 0 Å². The summed E-state index contributed by atoms with van der Waals surface area (Å²) in [6.45, 7) is 2.31. The maximum absolute atomic E-state index is 12.6. The minimum Gasteiger partial charge on any atom is -0.374 e. The highest BCUT2D eigenvalue weighted by Crippen LogP contribution is 2.27. The third-order valence-corrected chi connectivity index (χ3v) is 5.85. The van der Waals surface area contributed by atoms with Gasteiger partial charge in [0, 0.05) is 25.5 Å². The lowest BCUT2D eigenvalue weighted by Crippen LogP contribution is -2.51. The van der Waals surface area contributed by atoms with Crippen LogP contribution < -0.4 is 0 Å². The van der Waals surface area contributed by atoms with Gasteiger partial charge in [0.05, 0.1) is 23.9 Å². The zero-order valence-corrected chi connectivity index (χ0v) is 12.9. The number of sulfonamides is 1. The molecule has 6 nitrogen and oxygen atoms in total. The average molecular weight is 328 g/mol. The predicted octanol–water partition coefficient (Wildman–Crippen LogP) is 1.09. The molecule has 1 aromatic rings. The van der Waals surface area contributed by atoms with Crippen molar-refractivity contribution in [3.05, 3.63) is 11.2 Å². The second-order valence-electron chi connectivity index (χ2n) is 4.45. The van der Waals surface area contributed by atoms with Gasteiger partial charge in [0.25, 0.3) is 10.0 Å². The number of aromatic nitrogens is 2. The number of halogens is 2. The summed E-state index contributed by atoms with van der Waals surface area (Å²) in [6.07, 6.45) is 1.01. The van der Waals surface area contributed by atoms with Gasteiger partial charge < -0.3 is 4.74 Å². The Bertz CT molecular complexity index is 541. The summed E-state index contributed by atoms with van der Waals surface area (Å²) in [5.74, 6) is 0.248. The molecule has 0 amide bonds. The Kier molecular flexibility index (Phi) is 4.42. The van der Waals surface area contributed by atoms with E-state index in [0.717, 1.165) is 0 Å². The van der Waals surface area contributed by atoms with Crippen molar-refractivity contribution >= 4 is 33.2 Å². The molecule has 0 spiro atoms. The van der Waals surface area contributed by atoms with E-state index in [2.05, 4.69) is 5.10 Å². The van der Waals surface area contributed by atoms with Crippen molar-refractivity contribution in [2.24, 2.45) is 7.05 Å². The molecule has 0 N–H and O–H groups in total. The summed E-state index contributed by atoms with van der Waals surface area (Å²) in [5, 5.41) is 3.97. The van der Waals surface area contributed by atoms with Gasteiger partial charge in [0.2, 0.25) is 0 Å². The van der Waals surface area contributed by atoms with E-state index in [4.69, 9.17) is 27.9 Å². The van der Waals surface area contributed by atoms with Gasteiger partial charge in [-0.2, -0.15) is 9.40 Å². The van der Waals surface area contributed by atoms with Gasteiger partial charge in [-0.25, -0.2) is 8.42 Å². The summed E-state index contributed by atoms with van der Waals surface area (Å²) in [4.78, 5) is 0.